The molecule has 2 aromatic rings. The number of benzene rings is 2. The number of rotatable bonds is 6. The van der Waals surface area contributed by atoms with Crippen LogP contribution in [0.5, 0.6) is 5.75 Å². The molecule has 0 spiro atoms. The molecule has 1 fully saturated rings. The average molecular weight is 422 g/mol. The number of halogens is 2. The summed E-state index contributed by atoms with van der Waals surface area (Å²) >= 11 is 12.3. The second-order valence-electron chi connectivity index (χ2n) is 5.89. The summed E-state index contributed by atoms with van der Waals surface area (Å²) in [7, 11) is 0. The van der Waals surface area contributed by atoms with Crippen molar-refractivity contribution in [1.29, 1.82) is 0 Å². The molecule has 1 heterocycles. The molecule has 0 radical (unpaired) electrons. The van der Waals surface area contributed by atoms with Gasteiger partial charge >= 0.3 is 0 Å². The molecule has 140 valence electrons. The summed E-state index contributed by atoms with van der Waals surface area (Å²) in [4.78, 5) is 14.6. The van der Waals surface area contributed by atoms with Gasteiger partial charge in [0.2, 0.25) is 0 Å². The van der Waals surface area contributed by atoms with Crippen LogP contribution in [0.25, 0.3) is 6.08 Å². The minimum Gasteiger partial charge on any atom is -0.494 e. The number of hydrogen-bond acceptors (Lipinski definition) is 4. The van der Waals surface area contributed by atoms with Gasteiger partial charge in [0.25, 0.3) is 5.91 Å². The van der Waals surface area contributed by atoms with Crippen molar-refractivity contribution in [2.45, 2.75) is 19.8 Å². The lowest BCUT2D eigenvalue weighted by molar-refractivity contribution is -0.113. The van der Waals surface area contributed by atoms with Crippen LogP contribution in [-0.2, 0) is 4.79 Å². The fourth-order valence-electron chi connectivity index (χ4n) is 2.46. The van der Waals surface area contributed by atoms with Crippen LogP contribution in [0.3, 0.4) is 0 Å². The van der Waals surface area contributed by atoms with E-state index in [0.717, 1.165) is 24.2 Å². The van der Waals surface area contributed by atoms with Gasteiger partial charge < -0.3 is 4.74 Å². The number of thiocarbonyl (C=S) groups is 1. The molecular formula is C20H17ClFNO2S2. The quantitative estimate of drug-likeness (QED) is 0.322. The van der Waals surface area contributed by atoms with Gasteiger partial charge in [0.05, 0.1) is 22.2 Å². The van der Waals surface area contributed by atoms with Gasteiger partial charge in [-0.3, -0.25) is 9.69 Å². The van der Waals surface area contributed by atoms with Crippen molar-refractivity contribution in [3.05, 3.63) is 63.8 Å². The van der Waals surface area contributed by atoms with Gasteiger partial charge in [-0.25, -0.2) is 4.39 Å². The highest BCUT2D eigenvalue weighted by atomic mass is 35.5. The van der Waals surface area contributed by atoms with E-state index < -0.39 is 5.82 Å². The Morgan fingerprint density at radius 3 is 2.67 bits per heavy atom. The van der Waals surface area contributed by atoms with Crippen LogP contribution in [0.15, 0.2) is 47.4 Å². The molecule has 1 aliphatic heterocycles. The van der Waals surface area contributed by atoms with E-state index in [0.29, 0.717) is 21.5 Å². The van der Waals surface area contributed by atoms with Crippen molar-refractivity contribution < 1.29 is 13.9 Å². The molecule has 3 nitrogen and oxygen atoms in total. The first kappa shape index (κ1) is 19.9. The maximum atomic E-state index is 13.4. The molecule has 2 aromatic carbocycles. The van der Waals surface area contributed by atoms with Crippen LogP contribution < -0.4 is 9.64 Å². The van der Waals surface area contributed by atoms with Gasteiger partial charge in [0, 0.05) is 0 Å². The van der Waals surface area contributed by atoms with E-state index in [9.17, 15) is 9.18 Å². The molecule has 1 aliphatic rings. The highest BCUT2D eigenvalue weighted by molar-refractivity contribution is 8.27. The van der Waals surface area contributed by atoms with Crippen molar-refractivity contribution in [3.8, 4) is 5.75 Å². The van der Waals surface area contributed by atoms with E-state index in [1.54, 1.807) is 6.08 Å². The third-order valence-corrected chi connectivity index (χ3v) is 5.49. The number of anilines is 1. The molecule has 1 amide bonds. The summed E-state index contributed by atoms with van der Waals surface area (Å²) in [6.07, 6.45) is 3.87. The lowest BCUT2D eigenvalue weighted by Gasteiger charge is -2.14. The molecule has 7 heteroatoms. The largest absolute Gasteiger partial charge is 0.494 e. The van der Waals surface area contributed by atoms with E-state index in [1.165, 1.54) is 34.9 Å². The fraction of sp³-hybridized carbons (Fsp3) is 0.200. The predicted octanol–water partition coefficient (Wildman–Crippen LogP) is 6.06. The highest BCUT2D eigenvalue weighted by Gasteiger charge is 2.33. The van der Waals surface area contributed by atoms with Crippen molar-refractivity contribution >= 4 is 57.6 Å². The summed E-state index contributed by atoms with van der Waals surface area (Å²) in [6.45, 7) is 2.80. The molecule has 3 rings (SSSR count). The average Bonchev–Trinajstić information content (AvgIpc) is 2.93. The zero-order valence-corrected chi connectivity index (χ0v) is 17.0. The molecule has 27 heavy (non-hydrogen) atoms. The predicted molar refractivity (Wildman–Crippen MR) is 114 cm³/mol. The first-order valence-electron chi connectivity index (χ1n) is 8.45. The summed E-state index contributed by atoms with van der Waals surface area (Å²) in [6, 6.07) is 11.6. The Morgan fingerprint density at radius 2 is 2.00 bits per heavy atom. The Kier molecular flexibility index (Phi) is 6.52. The van der Waals surface area contributed by atoms with Gasteiger partial charge in [-0.15, -0.1) is 0 Å². The number of thioether (sulfide) groups is 1. The summed E-state index contributed by atoms with van der Waals surface area (Å²) < 4.78 is 19.4. The second kappa shape index (κ2) is 8.87. The number of carbonyl (C=O) groups excluding carboxylic acids is 1. The molecule has 0 unspecified atom stereocenters. The van der Waals surface area contributed by atoms with Crippen LogP contribution in [0.2, 0.25) is 5.02 Å². The zero-order valence-electron chi connectivity index (χ0n) is 14.6. The van der Waals surface area contributed by atoms with E-state index in [4.69, 9.17) is 28.6 Å². The molecule has 0 aromatic heterocycles. The van der Waals surface area contributed by atoms with E-state index in [1.807, 2.05) is 24.3 Å². The molecule has 0 N–H and O–H groups in total. The van der Waals surface area contributed by atoms with E-state index in [-0.39, 0.29) is 10.9 Å². The highest BCUT2D eigenvalue weighted by Crippen LogP contribution is 2.37. The van der Waals surface area contributed by atoms with Crippen LogP contribution in [0.1, 0.15) is 25.3 Å². The van der Waals surface area contributed by atoms with Crippen LogP contribution >= 0.6 is 35.6 Å². The first-order chi connectivity index (χ1) is 13.0. The Morgan fingerprint density at radius 1 is 1.26 bits per heavy atom. The third-order valence-electron chi connectivity index (χ3n) is 3.90. The van der Waals surface area contributed by atoms with Crippen molar-refractivity contribution in [2.24, 2.45) is 0 Å². The monoisotopic (exact) mass is 421 g/mol. The van der Waals surface area contributed by atoms with Gasteiger partial charge in [-0.05, 0) is 48.4 Å². The molecule has 1 saturated heterocycles. The zero-order chi connectivity index (χ0) is 19.4. The number of unbranched alkanes of at least 4 members (excludes halogenated alkanes) is 1. The normalized spacial score (nSPS) is 15.7. The fourth-order valence-corrected chi connectivity index (χ4v) is 3.93. The minimum absolute atomic E-state index is 0.0517. The van der Waals surface area contributed by atoms with E-state index in [2.05, 4.69) is 6.92 Å². The van der Waals surface area contributed by atoms with Crippen molar-refractivity contribution in [1.82, 2.24) is 0 Å². The van der Waals surface area contributed by atoms with Crippen LogP contribution in [0.4, 0.5) is 10.1 Å². The first-order valence-corrected chi connectivity index (χ1v) is 10.1. The number of hydrogen-bond donors (Lipinski definition) is 0. The van der Waals surface area contributed by atoms with E-state index >= 15 is 0 Å². The smallest absolute Gasteiger partial charge is 0.270 e. The Bertz CT molecular complexity index is 899. The number of ether oxygens (including phenoxy) is 1. The maximum Gasteiger partial charge on any atom is 0.270 e. The molecular weight excluding hydrogens is 405 g/mol. The minimum atomic E-state index is -0.539. The van der Waals surface area contributed by atoms with Crippen LogP contribution in [-0.4, -0.2) is 16.8 Å². The summed E-state index contributed by atoms with van der Waals surface area (Å²) in [5.74, 6) is 0.00713. The third kappa shape index (κ3) is 4.69. The Balaban J connectivity index is 1.76. The van der Waals surface area contributed by atoms with Gasteiger partial charge in [0.15, 0.2) is 4.32 Å². The lowest BCUT2D eigenvalue weighted by atomic mass is 10.2. The van der Waals surface area contributed by atoms with Gasteiger partial charge in [-0.2, -0.15) is 0 Å². The second-order valence-corrected chi connectivity index (χ2v) is 7.97. The topological polar surface area (TPSA) is 29.5 Å². The van der Waals surface area contributed by atoms with Gasteiger partial charge in [-0.1, -0.05) is 61.1 Å². The molecule has 0 bridgehead atoms. The standard InChI is InChI=1S/C20H17ClFNO2S2/c1-2-3-10-25-15-7-4-13(5-8-15)11-18-19(24)23(20(26)27-18)14-6-9-17(22)16(21)12-14/h4-9,11-12H,2-3,10H2,1H3/b18-11-. The van der Waals surface area contributed by atoms with Crippen molar-refractivity contribution in [2.75, 3.05) is 11.5 Å². The van der Waals surface area contributed by atoms with Crippen LogP contribution in [0, 0.1) is 5.82 Å². The Labute approximate surface area is 172 Å². The van der Waals surface area contributed by atoms with Crippen molar-refractivity contribution in [3.63, 3.8) is 0 Å². The molecule has 0 atom stereocenters. The summed E-state index contributed by atoms with van der Waals surface area (Å²) in [5, 5.41) is -0.0517. The van der Waals surface area contributed by atoms with Gasteiger partial charge in [0.1, 0.15) is 11.6 Å². The number of carbonyl (C=O) groups is 1. The number of nitrogens with zero attached hydrogens (tertiary/aromatic N) is 1. The summed E-state index contributed by atoms with van der Waals surface area (Å²) in [5.41, 5.74) is 1.32. The maximum absolute atomic E-state index is 13.4. The SMILES string of the molecule is CCCCOc1ccc(/C=C2\SC(=S)N(c3ccc(F)c(Cl)c3)C2=O)cc1. The number of amides is 1. The molecule has 0 aliphatic carbocycles. The Hall–Kier alpha value is -1.89. The lowest BCUT2D eigenvalue weighted by Crippen LogP contribution is -2.27. The molecule has 0 saturated carbocycles.